The molecule has 1 amide bonds. The van der Waals surface area contributed by atoms with E-state index in [9.17, 15) is 9.90 Å². The van der Waals surface area contributed by atoms with Crippen molar-refractivity contribution in [3.63, 3.8) is 0 Å². The van der Waals surface area contributed by atoms with Gasteiger partial charge in [0.15, 0.2) is 0 Å². The van der Waals surface area contributed by atoms with E-state index in [2.05, 4.69) is 5.32 Å². The van der Waals surface area contributed by atoms with Crippen molar-refractivity contribution >= 4 is 17.5 Å². The Hall–Kier alpha value is -1.06. The molecule has 0 atom stereocenters. The van der Waals surface area contributed by atoms with Gasteiger partial charge in [-0.3, -0.25) is 4.79 Å². The Balaban J connectivity index is 1.93. The van der Waals surface area contributed by atoms with Gasteiger partial charge >= 0.3 is 0 Å². The highest BCUT2D eigenvalue weighted by atomic mass is 35.5. The van der Waals surface area contributed by atoms with Crippen molar-refractivity contribution in [3.05, 3.63) is 34.9 Å². The normalized spacial score (nSPS) is 18.0. The number of carbonyl (C=O) groups is 1. The minimum absolute atomic E-state index is 0.187. The summed E-state index contributed by atoms with van der Waals surface area (Å²) in [4.78, 5) is 11.8. The molecule has 0 radical (unpaired) electrons. The van der Waals surface area contributed by atoms with Crippen LogP contribution < -0.4 is 5.32 Å². The predicted octanol–water partition coefficient (Wildman–Crippen LogP) is 2.37. The zero-order valence-corrected chi connectivity index (χ0v) is 10.3. The summed E-state index contributed by atoms with van der Waals surface area (Å²) in [6.07, 6.45) is 3.60. The second kappa shape index (κ2) is 5.07. The lowest BCUT2D eigenvalue weighted by molar-refractivity contribution is 0.0449. The molecule has 1 saturated carbocycles. The van der Waals surface area contributed by atoms with E-state index in [0.29, 0.717) is 17.1 Å². The topological polar surface area (TPSA) is 49.3 Å². The number of benzene rings is 1. The summed E-state index contributed by atoms with van der Waals surface area (Å²) in [5.74, 6) is -0.187. The van der Waals surface area contributed by atoms with Gasteiger partial charge in [-0.25, -0.2) is 0 Å². The number of amides is 1. The molecule has 2 N–H and O–H groups in total. The van der Waals surface area contributed by atoms with Crippen molar-refractivity contribution in [2.24, 2.45) is 0 Å². The number of nitrogens with one attached hydrogen (secondary N) is 1. The summed E-state index contributed by atoms with van der Waals surface area (Å²) in [5.41, 5.74) is -0.187. The van der Waals surface area contributed by atoms with Crippen LogP contribution in [0.5, 0.6) is 0 Å². The van der Waals surface area contributed by atoms with Gasteiger partial charge in [0, 0.05) is 17.1 Å². The molecule has 0 aliphatic heterocycles. The zero-order chi connectivity index (χ0) is 12.3. The van der Waals surface area contributed by atoms with Gasteiger partial charge in [0.25, 0.3) is 5.91 Å². The highest BCUT2D eigenvalue weighted by Gasteiger charge is 2.31. The second-order valence-electron chi connectivity index (χ2n) is 4.62. The average Bonchev–Trinajstić information content (AvgIpc) is 2.74. The quantitative estimate of drug-likeness (QED) is 0.869. The maximum absolute atomic E-state index is 11.8. The summed E-state index contributed by atoms with van der Waals surface area (Å²) in [7, 11) is 0. The molecule has 0 saturated heterocycles. The Kier molecular flexibility index (Phi) is 3.69. The molecular weight excluding hydrogens is 238 g/mol. The van der Waals surface area contributed by atoms with Crippen molar-refractivity contribution in [2.45, 2.75) is 31.3 Å². The van der Waals surface area contributed by atoms with Crippen molar-refractivity contribution in [1.82, 2.24) is 5.32 Å². The van der Waals surface area contributed by atoms with Crippen LogP contribution in [0, 0.1) is 0 Å². The first kappa shape index (κ1) is 12.4. The van der Waals surface area contributed by atoms with Gasteiger partial charge in [-0.1, -0.05) is 30.5 Å². The Morgan fingerprint density at radius 3 is 2.76 bits per heavy atom. The summed E-state index contributed by atoms with van der Waals surface area (Å²) in [5, 5.41) is 13.4. The van der Waals surface area contributed by atoms with Gasteiger partial charge in [-0.15, -0.1) is 0 Å². The second-order valence-corrected chi connectivity index (χ2v) is 5.06. The third-order valence-corrected chi connectivity index (χ3v) is 3.43. The predicted molar refractivity (Wildman–Crippen MR) is 67.2 cm³/mol. The van der Waals surface area contributed by atoms with E-state index in [1.165, 1.54) is 0 Å². The fourth-order valence-electron chi connectivity index (χ4n) is 2.19. The van der Waals surface area contributed by atoms with Crippen molar-refractivity contribution in [2.75, 3.05) is 6.54 Å². The summed E-state index contributed by atoms with van der Waals surface area (Å²) in [6.45, 7) is 0.318. The molecule has 1 aliphatic rings. The van der Waals surface area contributed by atoms with Crippen LogP contribution >= 0.6 is 11.6 Å². The van der Waals surface area contributed by atoms with Gasteiger partial charge in [-0.05, 0) is 31.0 Å². The van der Waals surface area contributed by atoms with Crippen LogP contribution in [0.3, 0.4) is 0 Å². The molecule has 2 rings (SSSR count). The molecule has 1 aliphatic carbocycles. The average molecular weight is 254 g/mol. The molecule has 1 aromatic rings. The third-order valence-electron chi connectivity index (χ3n) is 3.20. The number of hydrogen-bond acceptors (Lipinski definition) is 2. The molecule has 17 heavy (non-hydrogen) atoms. The van der Waals surface area contributed by atoms with Gasteiger partial charge in [0.2, 0.25) is 0 Å². The first-order valence-electron chi connectivity index (χ1n) is 5.85. The Bertz CT molecular complexity index is 414. The molecule has 0 bridgehead atoms. The molecular formula is C13H16ClNO2. The van der Waals surface area contributed by atoms with Crippen LogP contribution in [0.25, 0.3) is 0 Å². The maximum Gasteiger partial charge on any atom is 0.251 e. The third kappa shape index (κ3) is 3.20. The number of halogens is 1. The molecule has 3 nitrogen and oxygen atoms in total. The number of carbonyl (C=O) groups excluding carboxylic acids is 1. The number of hydrogen-bond donors (Lipinski definition) is 2. The lowest BCUT2D eigenvalue weighted by Gasteiger charge is -2.22. The molecule has 0 spiro atoms. The fraction of sp³-hybridized carbons (Fsp3) is 0.462. The van der Waals surface area contributed by atoms with E-state index >= 15 is 0 Å². The molecule has 1 aromatic carbocycles. The van der Waals surface area contributed by atoms with Gasteiger partial charge in [0.05, 0.1) is 5.60 Å². The number of rotatable bonds is 3. The maximum atomic E-state index is 11.8. The summed E-state index contributed by atoms with van der Waals surface area (Å²) in [6, 6.07) is 6.79. The van der Waals surface area contributed by atoms with Crippen LogP contribution in [-0.2, 0) is 0 Å². The van der Waals surface area contributed by atoms with Crippen molar-refractivity contribution in [1.29, 1.82) is 0 Å². The monoisotopic (exact) mass is 253 g/mol. The lowest BCUT2D eigenvalue weighted by atomic mass is 10.0. The highest BCUT2D eigenvalue weighted by molar-refractivity contribution is 6.30. The van der Waals surface area contributed by atoms with Crippen LogP contribution in [0.1, 0.15) is 36.0 Å². The molecule has 92 valence electrons. The lowest BCUT2D eigenvalue weighted by Crippen LogP contribution is -2.40. The zero-order valence-electron chi connectivity index (χ0n) is 9.58. The van der Waals surface area contributed by atoms with E-state index in [0.717, 1.165) is 25.7 Å². The Labute approximate surface area is 106 Å². The van der Waals surface area contributed by atoms with Gasteiger partial charge in [-0.2, -0.15) is 0 Å². The van der Waals surface area contributed by atoms with Crippen LogP contribution in [0.2, 0.25) is 5.02 Å². The molecule has 0 heterocycles. The first-order chi connectivity index (χ1) is 8.09. The van der Waals surface area contributed by atoms with E-state index in [1.54, 1.807) is 24.3 Å². The van der Waals surface area contributed by atoms with E-state index in [1.807, 2.05) is 0 Å². The standard InChI is InChI=1S/C13H16ClNO2/c14-11-5-3-4-10(8-11)12(16)15-9-13(17)6-1-2-7-13/h3-5,8,17H,1-2,6-7,9H2,(H,15,16). The number of aliphatic hydroxyl groups is 1. The van der Waals surface area contributed by atoms with Crippen LogP contribution in [0.15, 0.2) is 24.3 Å². The SMILES string of the molecule is O=C(NCC1(O)CCCC1)c1cccc(Cl)c1. The largest absolute Gasteiger partial charge is 0.388 e. The molecule has 1 fully saturated rings. The van der Waals surface area contributed by atoms with E-state index < -0.39 is 5.60 Å². The van der Waals surface area contributed by atoms with Crippen LogP contribution in [-0.4, -0.2) is 23.2 Å². The van der Waals surface area contributed by atoms with Crippen LogP contribution in [0.4, 0.5) is 0 Å². The van der Waals surface area contributed by atoms with Crippen molar-refractivity contribution < 1.29 is 9.90 Å². The smallest absolute Gasteiger partial charge is 0.251 e. The molecule has 0 aromatic heterocycles. The van der Waals surface area contributed by atoms with E-state index in [-0.39, 0.29) is 5.91 Å². The van der Waals surface area contributed by atoms with Gasteiger partial charge in [0.1, 0.15) is 0 Å². The molecule has 0 unspecified atom stereocenters. The summed E-state index contributed by atoms with van der Waals surface area (Å²) >= 11 is 5.81. The Morgan fingerprint density at radius 2 is 2.12 bits per heavy atom. The highest BCUT2D eigenvalue weighted by Crippen LogP contribution is 2.28. The van der Waals surface area contributed by atoms with E-state index in [4.69, 9.17) is 11.6 Å². The fourth-order valence-corrected chi connectivity index (χ4v) is 2.38. The van der Waals surface area contributed by atoms with Gasteiger partial charge < -0.3 is 10.4 Å². The van der Waals surface area contributed by atoms with Crippen molar-refractivity contribution in [3.8, 4) is 0 Å². The first-order valence-corrected chi connectivity index (χ1v) is 6.23. The summed E-state index contributed by atoms with van der Waals surface area (Å²) < 4.78 is 0. The minimum Gasteiger partial charge on any atom is -0.388 e. The molecule has 4 heteroatoms. The minimum atomic E-state index is -0.714. The Morgan fingerprint density at radius 1 is 1.41 bits per heavy atom.